The molecule has 1 N–H and O–H groups in total. The number of hydrogen-bond donors (Lipinski definition) is 1. The number of piperidine rings is 1. The SMILES string of the molecule is CC(C)(O)C1CCN(C=O)CC1. The number of hydrogen-bond acceptors (Lipinski definition) is 2. The Balaban J connectivity index is 2.41. The lowest BCUT2D eigenvalue weighted by Crippen LogP contribution is -2.41. The van der Waals surface area contributed by atoms with Crippen molar-refractivity contribution in [2.24, 2.45) is 5.92 Å². The second kappa shape index (κ2) is 3.44. The molecule has 12 heavy (non-hydrogen) atoms. The van der Waals surface area contributed by atoms with Gasteiger partial charge < -0.3 is 10.0 Å². The van der Waals surface area contributed by atoms with Crippen molar-refractivity contribution in [2.45, 2.75) is 32.3 Å². The maximum atomic E-state index is 10.4. The van der Waals surface area contributed by atoms with Gasteiger partial charge in [-0.2, -0.15) is 0 Å². The maximum Gasteiger partial charge on any atom is 0.209 e. The fourth-order valence-corrected chi connectivity index (χ4v) is 1.71. The summed E-state index contributed by atoms with van der Waals surface area (Å²) in [5.41, 5.74) is -0.588. The van der Waals surface area contributed by atoms with Crippen molar-refractivity contribution in [1.82, 2.24) is 4.90 Å². The molecule has 0 atom stereocenters. The summed E-state index contributed by atoms with van der Waals surface area (Å²) in [6, 6.07) is 0. The highest BCUT2D eigenvalue weighted by Crippen LogP contribution is 2.26. The van der Waals surface area contributed by atoms with Crippen LogP contribution in [0.1, 0.15) is 26.7 Å². The lowest BCUT2D eigenvalue weighted by molar-refractivity contribution is -0.120. The van der Waals surface area contributed by atoms with Gasteiger partial charge in [-0.25, -0.2) is 0 Å². The molecule has 0 spiro atoms. The fourth-order valence-electron chi connectivity index (χ4n) is 1.71. The minimum Gasteiger partial charge on any atom is -0.390 e. The van der Waals surface area contributed by atoms with E-state index in [2.05, 4.69) is 0 Å². The molecule has 0 radical (unpaired) electrons. The Morgan fingerprint density at radius 1 is 1.42 bits per heavy atom. The van der Waals surface area contributed by atoms with Crippen molar-refractivity contribution in [1.29, 1.82) is 0 Å². The number of carbonyl (C=O) groups excluding carboxylic acids is 1. The summed E-state index contributed by atoms with van der Waals surface area (Å²) in [7, 11) is 0. The maximum absolute atomic E-state index is 10.4. The van der Waals surface area contributed by atoms with Gasteiger partial charge >= 0.3 is 0 Å². The van der Waals surface area contributed by atoms with Gasteiger partial charge in [-0.1, -0.05) is 0 Å². The zero-order valence-electron chi connectivity index (χ0n) is 7.79. The van der Waals surface area contributed by atoms with E-state index in [1.165, 1.54) is 0 Å². The Labute approximate surface area is 73.4 Å². The molecular formula is C9H17NO2. The van der Waals surface area contributed by atoms with Crippen molar-refractivity contribution in [3.63, 3.8) is 0 Å². The zero-order chi connectivity index (χ0) is 9.19. The van der Waals surface area contributed by atoms with Gasteiger partial charge in [0.05, 0.1) is 5.60 Å². The van der Waals surface area contributed by atoms with Crippen LogP contribution in [0.2, 0.25) is 0 Å². The molecule has 0 saturated carbocycles. The molecule has 1 fully saturated rings. The minimum absolute atomic E-state index is 0.341. The quantitative estimate of drug-likeness (QED) is 0.619. The lowest BCUT2D eigenvalue weighted by atomic mass is 9.83. The zero-order valence-corrected chi connectivity index (χ0v) is 7.79. The molecule has 0 aromatic heterocycles. The van der Waals surface area contributed by atoms with Crippen LogP contribution < -0.4 is 0 Å². The van der Waals surface area contributed by atoms with Crippen LogP contribution in [0.15, 0.2) is 0 Å². The number of amides is 1. The molecule has 1 rings (SSSR count). The second-order valence-electron chi connectivity index (χ2n) is 4.07. The van der Waals surface area contributed by atoms with E-state index >= 15 is 0 Å². The van der Waals surface area contributed by atoms with Gasteiger partial charge in [-0.15, -0.1) is 0 Å². The number of carbonyl (C=O) groups is 1. The summed E-state index contributed by atoms with van der Waals surface area (Å²) >= 11 is 0. The predicted octanol–water partition coefficient (Wildman–Crippen LogP) is 0.626. The highest BCUT2D eigenvalue weighted by atomic mass is 16.3. The van der Waals surface area contributed by atoms with Crippen molar-refractivity contribution >= 4 is 6.41 Å². The molecule has 1 aliphatic rings. The van der Waals surface area contributed by atoms with Crippen LogP contribution >= 0.6 is 0 Å². The van der Waals surface area contributed by atoms with Gasteiger partial charge in [0.2, 0.25) is 6.41 Å². The highest BCUT2D eigenvalue weighted by Gasteiger charge is 2.29. The van der Waals surface area contributed by atoms with E-state index in [0.717, 1.165) is 32.3 Å². The first kappa shape index (κ1) is 9.52. The molecule has 0 bridgehead atoms. The summed E-state index contributed by atoms with van der Waals surface area (Å²) in [6.45, 7) is 5.26. The Hall–Kier alpha value is -0.570. The third kappa shape index (κ3) is 2.21. The van der Waals surface area contributed by atoms with Crippen molar-refractivity contribution < 1.29 is 9.90 Å². The Morgan fingerprint density at radius 2 is 1.92 bits per heavy atom. The van der Waals surface area contributed by atoms with E-state index in [1.54, 1.807) is 4.90 Å². The number of nitrogens with zero attached hydrogens (tertiary/aromatic N) is 1. The van der Waals surface area contributed by atoms with Gasteiger partial charge in [0.15, 0.2) is 0 Å². The average Bonchev–Trinajstić information content (AvgIpc) is 2.03. The Morgan fingerprint density at radius 3 is 2.25 bits per heavy atom. The number of rotatable bonds is 2. The molecule has 0 aromatic carbocycles. The van der Waals surface area contributed by atoms with Crippen LogP contribution in [0, 0.1) is 5.92 Å². The van der Waals surface area contributed by atoms with E-state index < -0.39 is 5.60 Å². The predicted molar refractivity (Wildman–Crippen MR) is 46.7 cm³/mol. The molecular weight excluding hydrogens is 154 g/mol. The second-order valence-corrected chi connectivity index (χ2v) is 4.07. The monoisotopic (exact) mass is 171 g/mol. The fraction of sp³-hybridized carbons (Fsp3) is 0.889. The first-order valence-corrected chi connectivity index (χ1v) is 4.46. The van der Waals surface area contributed by atoms with Gasteiger partial charge in [0.25, 0.3) is 0 Å². The molecule has 0 aliphatic carbocycles. The Kier molecular flexibility index (Phi) is 2.73. The topological polar surface area (TPSA) is 40.5 Å². The van der Waals surface area contributed by atoms with E-state index in [1.807, 2.05) is 13.8 Å². The van der Waals surface area contributed by atoms with Crippen LogP contribution in [0.25, 0.3) is 0 Å². The summed E-state index contributed by atoms with van der Waals surface area (Å²) in [5.74, 6) is 0.341. The third-order valence-corrected chi connectivity index (χ3v) is 2.68. The highest BCUT2D eigenvalue weighted by molar-refractivity contribution is 5.47. The van der Waals surface area contributed by atoms with Crippen LogP contribution in [-0.4, -0.2) is 35.1 Å². The van der Waals surface area contributed by atoms with E-state index in [0.29, 0.717) is 5.92 Å². The smallest absolute Gasteiger partial charge is 0.209 e. The first-order valence-electron chi connectivity index (χ1n) is 4.46. The number of aliphatic hydroxyl groups is 1. The van der Waals surface area contributed by atoms with Crippen molar-refractivity contribution in [3.05, 3.63) is 0 Å². The van der Waals surface area contributed by atoms with Crippen LogP contribution in [-0.2, 0) is 4.79 Å². The normalized spacial score (nSPS) is 21.1. The van der Waals surface area contributed by atoms with Crippen LogP contribution in [0.4, 0.5) is 0 Å². The lowest BCUT2D eigenvalue weighted by Gasteiger charge is -2.36. The van der Waals surface area contributed by atoms with E-state index in [-0.39, 0.29) is 0 Å². The van der Waals surface area contributed by atoms with Crippen molar-refractivity contribution in [3.8, 4) is 0 Å². The standard InChI is InChI=1S/C9H17NO2/c1-9(2,12)8-3-5-10(7-11)6-4-8/h7-8,12H,3-6H2,1-2H3. The van der Waals surface area contributed by atoms with Gasteiger partial charge in [-0.3, -0.25) is 4.79 Å². The summed E-state index contributed by atoms with van der Waals surface area (Å²) in [4.78, 5) is 12.1. The van der Waals surface area contributed by atoms with Gasteiger partial charge in [0, 0.05) is 13.1 Å². The summed E-state index contributed by atoms with van der Waals surface area (Å²) in [5, 5.41) is 9.69. The Bertz CT molecular complexity index is 154. The van der Waals surface area contributed by atoms with E-state index in [9.17, 15) is 9.90 Å². The number of likely N-dealkylation sites (tertiary alicyclic amines) is 1. The first-order chi connectivity index (χ1) is 5.54. The molecule has 0 unspecified atom stereocenters. The molecule has 3 nitrogen and oxygen atoms in total. The molecule has 1 aliphatic heterocycles. The third-order valence-electron chi connectivity index (χ3n) is 2.68. The van der Waals surface area contributed by atoms with Crippen LogP contribution in [0.3, 0.4) is 0 Å². The largest absolute Gasteiger partial charge is 0.390 e. The van der Waals surface area contributed by atoms with Gasteiger partial charge in [-0.05, 0) is 32.6 Å². The van der Waals surface area contributed by atoms with Crippen LogP contribution in [0.5, 0.6) is 0 Å². The molecule has 0 aromatic rings. The van der Waals surface area contributed by atoms with Crippen molar-refractivity contribution in [2.75, 3.05) is 13.1 Å². The summed E-state index contributed by atoms with van der Waals surface area (Å²) in [6.07, 6.45) is 2.73. The molecule has 1 saturated heterocycles. The average molecular weight is 171 g/mol. The molecule has 3 heteroatoms. The minimum atomic E-state index is -0.588. The summed E-state index contributed by atoms with van der Waals surface area (Å²) < 4.78 is 0. The van der Waals surface area contributed by atoms with Gasteiger partial charge in [0.1, 0.15) is 0 Å². The molecule has 1 amide bonds. The van der Waals surface area contributed by atoms with E-state index in [4.69, 9.17) is 0 Å². The molecule has 1 heterocycles. The molecule has 70 valence electrons.